The smallest absolute Gasteiger partial charge is 0.307 e. The summed E-state index contributed by atoms with van der Waals surface area (Å²) in [5.74, 6) is 0.513. The van der Waals surface area contributed by atoms with E-state index in [0.29, 0.717) is 19.7 Å². The van der Waals surface area contributed by atoms with Gasteiger partial charge in [-0.25, -0.2) is 0 Å². The molecule has 0 saturated carbocycles. The fourth-order valence-electron chi connectivity index (χ4n) is 1.93. The Morgan fingerprint density at radius 1 is 1.47 bits per heavy atom. The molecule has 19 heavy (non-hydrogen) atoms. The van der Waals surface area contributed by atoms with Crippen molar-refractivity contribution in [1.29, 1.82) is 0 Å². The number of carbonyl (C=O) groups is 1. The number of hydrogen-bond acceptors (Lipinski definition) is 4. The van der Waals surface area contributed by atoms with Gasteiger partial charge in [0.05, 0.1) is 25.3 Å². The van der Waals surface area contributed by atoms with Crippen molar-refractivity contribution in [2.45, 2.75) is 19.4 Å². The number of nitrogens with zero attached hydrogens (tertiary/aromatic N) is 1. The molecule has 0 spiro atoms. The highest BCUT2D eigenvalue weighted by Gasteiger charge is 2.24. The van der Waals surface area contributed by atoms with Gasteiger partial charge in [0, 0.05) is 13.1 Å². The first-order valence-corrected chi connectivity index (χ1v) is 6.37. The minimum atomic E-state index is -0.234. The number of ether oxygens (including phenoxy) is 1. The van der Waals surface area contributed by atoms with Gasteiger partial charge in [-0.1, -0.05) is 12.2 Å². The quantitative estimate of drug-likeness (QED) is 0.507. The van der Waals surface area contributed by atoms with Gasteiger partial charge in [-0.05, 0) is 19.1 Å². The summed E-state index contributed by atoms with van der Waals surface area (Å²) in [5.41, 5.74) is 0. The van der Waals surface area contributed by atoms with Crippen LogP contribution in [-0.4, -0.2) is 30.6 Å². The molecular formula is C15H21NO3. The Morgan fingerprint density at radius 2 is 2.16 bits per heavy atom. The van der Waals surface area contributed by atoms with Crippen LogP contribution in [0.1, 0.15) is 25.1 Å². The van der Waals surface area contributed by atoms with E-state index in [1.165, 1.54) is 0 Å². The van der Waals surface area contributed by atoms with Crippen LogP contribution in [0.3, 0.4) is 0 Å². The highest BCUT2D eigenvalue weighted by molar-refractivity contribution is 5.70. The van der Waals surface area contributed by atoms with Crippen LogP contribution in [0, 0.1) is 0 Å². The summed E-state index contributed by atoms with van der Waals surface area (Å²) in [4.78, 5) is 13.8. The zero-order valence-corrected chi connectivity index (χ0v) is 11.4. The summed E-state index contributed by atoms with van der Waals surface area (Å²) in [6.07, 6.45) is 5.45. The molecule has 1 atom stereocenters. The summed E-state index contributed by atoms with van der Waals surface area (Å²) < 4.78 is 10.4. The summed E-state index contributed by atoms with van der Waals surface area (Å²) in [6.45, 7) is 11.0. The first-order valence-electron chi connectivity index (χ1n) is 6.37. The summed E-state index contributed by atoms with van der Waals surface area (Å²) >= 11 is 0. The molecular weight excluding hydrogens is 242 g/mol. The van der Waals surface area contributed by atoms with Gasteiger partial charge in [-0.3, -0.25) is 9.69 Å². The zero-order chi connectivity index (χ0) is 14.1. The zero-order valence-electron chi connectivity index (χ0n) is 11.4. The van der Waals surface area contributed by atoms with Crippen molar-refractivity contribution in [1.82, 2.24) is 4.90 Å². The number of hydrogen-bond donors (Lipinski definition) is 0. The maximum Gasteiger partial charge on any atom is 0.307 e. The molecule has 0 radical (unpaired) electrons. The maximum absolute atomic E-state index is 11.7. The normalized spacial score (nSPS) is 12.1. The highest BCUT2D eigenvalue weighted by atomic mass is 16.5. The Balaban J connectivity index is 2.86. The predicted molar refractivity (Wildman–Crippen MR) is 74.7 cm³/mol. The maximum atomic E-state index is 11.7. The third-order valence-corrected chi connectivity index (χ3v) is 2.70. The van der Waals surface area contributed by atoms with E-state index in [0.717, 1.165) is 5.76 Å². The molecule has 0 fully saturated rings. The number of carbonyl (C=O) groups excluding carboxylic acids is 1. The molecule has 0 aliphatic carbocycles. The molecule has 0 amide bonds. The lowest BCUT2D eigenvalue weighted by atomic mass is 10.1. The molecule has 1 heterocycles. The van der Waals surface area contributed by atoms with Gasteiger partial charge in [-0.15, -0.1) is 13.2 Å². The van der Waals surface area contributed by atoms with Crippen molar-refractivity contribution >= 4 is 5.97 Å². The van der Waals surface area contributed by atoms with Gasteiger partial charge in [-0.2, -0.15) is 0 Å². The monoisotopic (exact) mass is 263 g/mol. The van der Waals surface area contributed by atoms with Crippen molar-refractivity contribution in [3.05, 3.63) is 49.5 Å². The lowest BCUT2D eigenvalue weighted by Gasteiger charge is -2.27. The van der Waals surface area contributed by atoms with E-state index in [1.54, 1.807) is 25.3 Å². The Morgan fingerprint density at radius 3 is 2.63 bits per heavy atom. The predicted octanol–water partition coefficient (Wildman–Crippen LogP) is 2.95. The average Bonchev–Trinajstić information content (AvgIpc) is 2.90. The van der Waals surface area contributed by atoms with Gasteiger partial charge in [0.25, 0.3) is 0 Å². The molecule has 0 N–H and O–H groups in total. The van der Waals surface area contributed by atoms with Crippen LogP contribution in [0.5, 0.6) is 0 Å². The second kappa shape index (κ2) is 8.32. The third-order valence-electron chi connectivity index (χ3n) is 2.70. The van der Waals surface area contributed by atoms with Crippen molar-refractivity contribution in [2.75, 3.05) is 19.7 Å². The lowest BCUT2D eigenvalue weighted by molar-refractivity contribution is -0.144. The van der Waals surface area contributed by atoms with Crippen LogP contribution in [0.4, 0.5) is 0 Å². The largest absolute Gasteiger partial charge is 0.468 e. The van der Waals surface area contributed by atoms with E-state index in [-0.39, 0.29) is 18.4 Å². The molecule has 0 aromatic carbocycles. The van der Waals surface area contributed by atoms with Crippen LogP contribution in [-0.2, 0) is 9.53 Å². The fraction of sp³-hybridized carbons (Fsp3) is 0.400. The first kappa shape index (κ1) is 15.2. The van der Waals surface area contributed by atoms with E-state index in [1.807, 2.05) is 12.1 Å². The van der Waals surface area contributed by atoms with Crippen molar-refractivity contribution in [3.8, 4) is 0 Å². The number of furan rings is 1. The summed E-state index contributed by atoms with van der Waals surface area (Å²) in [6, 6.07) is 3.52. The molecule has 1 aromatic rings. The lowest BCUT2D eigenvalue weighted by Crippen LogP contribution is -2.31. The van der Waals surface area contributed by atoms with E-state index >= 15 is 0 Å². The van der Waals surface area contributed by atoms with E-state index in [2.05, 4.69) is 18.1 Å². The van der Waals surface area contributed by atoms with E-state index < -0.39 is 0 Å². The fourth-order valence-corrected chi connectivity index (χ4v) is 1.93. The molecule has 4 nitrogen and oxygen atoms in total. The Kier molecular flexibility index (Phi) is 6.68. The summed E-state index contributed by atoms with van der Waals surface area (Å²) in [7, 11) is 0. The first-order chi connectivity index (χ1) is 9.22. The van der Waals surface area contributed by atoms with Crippen molar-refractivity contribution < 1.29 is 13.9 Å². The Bertz CT molecular complexity index is 388. The highest BCUT2D eigenvalue weighted by Crippen LogP contribution is 2.25. The van der Waals surface area contributed by atoms with Crippen LogP contribution in [0.2, 0.25) is 0 Å². The van der Waals surface area contributed by atoms with Crippen LogP contribution in [0.15, 0.2) is 48.1 Å². The SMILES string of the molecule is C=CCN(CC=C)C(CC(=O)OCC)c1ccco1. The van der Waals surface area contributed by atoms with E-state index in [9.17, 15) is 4.79 Å². The molecule has 104 valence electrons. The Hall–Kier alpha value is -1.81. The summed E-state index contributed by atoms with van der Waals surface area (Å²) in [5, 5.41) is 0. The molecule has 0 aliphatic rings. The topological polar surface area (TPSA) is 42.7 Å². The third kappa shape index (κ3) is 4.75. The van der Waals surface area contributed by atoms with Crippen LogP contribution < -0.4 is 0 Å². The van der Waals surface area contributed by atoms with Gasteiger partial charge in [0.15, 0.2) is 0 Å². The minimum absolute atomic E-state index is 0.162. The van der Waals surface area contributed by atoms with E-state index in [4.69, 9.17) is 9.15 Å². The van der Waals surface area contributed by atoms with Crippen LogP contribution >= 0.6 is 0 Å². The number of esters is 1. The molecule has 1 rings (SSSR count). The van der Waals surface area contributed by atoms with Gasteiger partial charge < -0.3 is 9.15 Å². The minimum Gasteiger partial charge on any atom is -0.468 e. The van der Waals surface area contributed by atoms with Crippen molar-refractivity contribution in [2.24, 2.45) is 0 Å². The molecule has 1 aromatic heterocycles. The standard InChI is InChI=1S/C15H21NO3/c1-4-9-16(10-5-2)13(12-15(17)18-6-3)14-8-7-11-19-14/h4-5,7-8,11,13H,1-2,6,9-10,12H2,3H3. The van der Waals surface area contributed by atoms with Crippen molar-refractivity contribution in [3.63, 3.8) is 0 Å². The molecule has 0 saturated heterocycles. The molecule has 0 bridgehead atoms. The van der Waals surface area contributed by atoms with Gasteiger partial charge in [0.1, 0.15) is 5.76 Å². The Labute approximate surface area is 114 Å². The molecule has 4 heteroatoms. The van der Waals surface area contributed by atoms with Crippen LogP contribution in [0.25, 0.3) is 0 Å². The molecule has 0 aliphatic heterocycles. The van der Waals surface area contributed by atoms with Gasteiger partial charge >= 0.3 is 5.97 Å². The average molecular weight is 263 g/mol. The second-order valence-corrected chi connectivity index (χ2v) is 4.07. The second-order valence-electron chi connectivity index (χ2n) is 4.07. The molecule has 1 unspecified atom stereocenters. The van der Waals surface area contributed by atoms with Gasteiger partial charge in [0.2, 0.25) is 0 Å². The number of rotatable bonds is 9.